The van der Waals surface area contributed by atoms with Crippen LogP contribution < -0.4 is 15.1 Å². The summed E-state index contributed by atoms with van der Waals surface area (Å²) in [7, 11) is 1.76. The lowest BCUT2D eigenvalue weighted by atomic mass is 10.0. The third-order valence-corrected chi connectivity index (χ3v) is 3.56. The predicted molar refractivity (Wildman–Crippen MR) is 68.7 cm³/mol. The Balaban J connectivity index is 2.19. The van der Waals surface area contributed by atoms with Gasteiger partial charge in [0.2, 0.25) is 5.91 Å². The molecule has 0 radical (unpaired) electrons. The third kappa shape index (κ3) is 1.44. The smallest absolute Gasteiger partial charge is 0.251 e. The van der Waals surface area contributed by atoms with Gasteiger partial charge in [-0.15, -0.1) is 0 Å². The molecule has 1 N–H and O–H groups in total. The number of rotatable bonds is 0. The number of carbonyl (C=O) groups excluding carboxylic acids is 2. The number of carbonyl (C=O) groups is 2. The number of aryl methyl sites for hydroxylation is 1. The first-order valence-corrected chi connectivity index (χ1v) is 6.00. The van der Waals surface area contributed by atoms with Gasteiger partial charge >= 0.3 is 0 Å². The minimum Gasteiger partial charge on any atom is -0.312 e. The van der Waals surface area contributed by atoms with Crippen molar-refractivity contribution in [3.05, 3.63) is 23.8 Å². The molecule has 18 heavy (non-hydrogen) atoms. The Morgan fingerprint density at radius 2 is 2.06 bits per heavy atom. The van der Waals surface area contributed by atoms with E-state index in [1.807, 2.05) is 25.1 Å². The van der Waals surface area contributed by atoms with E-state index in [-0.39, 0.29) is 11.8 Å². The standard InChI is InChI=1S/C13H15N3O2/c1-8-3-4-9-10(5-8)16-11(13(18)15(9)2)6-14-7-12(16)17/h3-5,11,14H,6-7H2,1-2H3. The van der Waals surface area contributed by atoms with Crippen LogP contribution in [0.5, 0.6) is 0 Å². The van der Waals surface area contributed by atoms with Crippen molar-refractivity contribution in [2.45, 2.75) is 13.0 Å². The summed E-state index contributed by atoms with van der Waals surface area (Å²) in [5, 5.41) is 2.99. The maximum Gasteiger partial charge on any atom is 0.251 e. The summed E-state index contributed by atoms with van der Waals surface area (Å²) in [6.07, 6.45) is 0. The molecule has 1 aromatic carbocycles. The van der Waals surface area contributed by atoms with Gasteiger partial charge in [-0.1, -0.05) is 6.07 Å². The lowest BCUT2D eigenvalue weighted by Gasteiger charge is -2.43. The van der Waals surface area contributed by atoms with E-state index < -0.39 is 6.04 Å². The molecule has 2 heterocycles. The van der Waals surface area contributed by atoms with Crippen molar-refractivity contribution in [1.82, 2.24) is 5.32 Å². The summed E-state index contributed by atoms with van der Waals surface area (Å²) in [6.45, 7) is 2.79. The molecule has 1 atom stereocenters. The summed E-state index contributed by atoms with van der Waals surface area (Å²) >= 11 is 0. The van der Waals surface area contributed by atoms with Gasteiger partial charge in [-0.05, 0) is 24.6 Å². The molecule has 1 saturated heterocycles. The lowest BCUT2D eigenvalue weighted by Crippen LogP contribution is -2.63. The summed E-state index contributed by atoms with van der Waals surface area (Å²) in [6, 6.07) is 5.41. The van der Waals surface area contributed by atoms with Gasteiger partial charge in [0.1, 0.15) is 6.04 Å². The number of nitrogens with one attached hydrogen (secondary N) is 1. The molecule has 0 saturated carbocycles. The second kappa shape index (κ2) is 3.81. The van der Waals surface area contributed by atoms with Gasteiger partial charge < -0.3 is 10.2 Å². The molecule has 3 rings (SSSR count). The molecule has 0 spiro atoms. The number of benzene rings is 1. The highest BCUT2D eigenvalue weighted by Crippen LogP contribution is 2.36. The fourth-order valence-electron chi connectivity index (χ4n) is 2.62. The molecule has 94 valence electrons. The summed E-state index contributed by atoms with van der Waals surface area (Å²) < 4.78 is 0. The Labute approximate surface area is 105 Å². The summed E-state index contributed by atoms with van der Waals surface area (Å²) in [5.41, 5.74) is 2.73. The maximum absolute atomic E-state index is 12.2. The average molecular weight is 245 g/mol. The molecule has 0 bridgehead atoms. The SMILES string of the molecule is Cc1ccc2c(c1)N1C(=O)CNCC1C(=O)N2C. The summed E-state index contributed by atoms with van der Waals surface area (Å²) in [5.74, 6) is -0.0774. The van der Waals surface area contributed by atoms with Gasteiger partial charge in [0.15, 0.2) is 0 Å². The first-order valence-electron chi connectivity index (χ1n) is 6.00. The van der Waals surface area contributed by atoms with Crippen LogP contribution in [-0.4, -0.2) is 38.0 Å². The molecule has 5 nitrogen and oxygen atoms in total. The van der Waals surface area contributed by atoms with Crippen LogP contribution in [0.4, 0.5) is 11.4 Å². The zero-order valence-corrected chi connectivity index (χ0v) is 10.4. The van der Waals surface area contributed by atoms with E-state index in [0.29, 0.717) is 13.1 Å². The third-order valence-electron chi connectivity index (χ3n) is 3.56. The highest BCUT2D eigenvalue weighted by atomic mass is 16.2. The molecular formula is C13H15N3O2. The Bertz CT molecular complexity index is 541. The van der Waals surface area contributed by atoms with Crippen molar-refractivity contribution < 1.29 is 9.59 Å². The van der Waals surface area contributed by atoms with E-state index >= 15 is 0 Å². The van der Waals surface area contributed by atoms with Crippen molar-refractivity contribution in [2.75, 3.05) is 29.9 Å². The van der Waals surface area contributed by atoms with Gasteiger partial charge in [-0.2, -0.15) is 0 Å². The van der Waals surface area contributed by atoms with E-state index in [0.717, 1.165) is 16.9 Å². The van der Waals surface area contributed by atoms with Crippen LogP contribution in [0.3, 0.4) is 0 Å². The quantitative estimate of drug-likeness (QED) is 0.714. The zero-order valence-electron chi connectivity index (χ0n) is 10.4. The Morgan fingerprint density at radius 1 is 1.28 bits per heavy atom. The van der Waals surface area contributed by atoms with Gasteiger partial charge in [0, 0.05) is 13.6 Å². The van der Waals surface area contributed by atoms with Crippen LogP contribution in [0.25, 0.3) is 0 Å². The average Bonchev–Trinajstić information content (AvgIpc) is 2.35. The zero-order chi connectivity index (χ0) is 12.9. The van der Waals surface area contributed by atoms with Crippen molar-refractivity contribution >= 4 is 23.2 Å². The van der Waals surface area contributed by atoms with E-state index in [1.165, 1.54) is 0 Å². The fraction of sp³-hybridized carbons (Fsp3) is 0.385. The van der Waals surface area contributed by atoms with Crippen LogP contribution in [0.1, 0.15) is 5.56 Å². The van der Waals surface area contributed by atoms with E-state index in [4.69, 9.17) is 0 Å². The molecular weight excluding hydrogens is 230 g/mol. The minimum absolute atomic E-state index is 0.0353. The lowest BCUT2D eigenvalue weighted by molar-refractivity contribution is -0.126. The monoisotopic (exact) mass is 245 g/mol. The molecule has 5 heteroatoms. The van der Waals surface area contributed by atoms with Crippen LogP contribution in [0, 0.1) is 6.92 Å². The predicted octanol–water partition coefficient (Wildman–Crippen LogP) is 0.276. The van der Waals surface area contributed by atoms with E-state index in [2.05, 4.69) is 5.32 Å². The number of fused-ring (bicyclic) bond motifs is 3. The van der Waals surface area contributed by atoms with Crippen LogP contribution in [-0.2, 0) is 9.59 Å². The molecule has 0 aromatic heterocycles. The molecule has 0 aliphatic carbocycles. The molecule has 1 fully saturated rings. The minimum atomic E-state index is -0.412. The van der Waals surface area contributed by atoms with Gasteiger partial charge in [0.25, 0.3) is 5.91 Å². The van der Waals surface area contributed by atoms with Crippen LogP contribution in [0.15, 0.2) is 18.2 Å². The molecule has 2 amide bonds. The number of hydrogen-bond acceptors (Lipinski definition) is 3. The second-order valence-electron chi connectivity index (χ2n) is 4.80. The number of likely N-dealkylation sites (N-methyl/N-ethyl adjacent to an activating group) is 1. The maximum atomic E-state index is 12.2. The van der Waals surface area contributed by atoms with E-state index in [1.54, 1.807) is 16.8 Å². The van der Waals surface area contributed by atoms with Crippen molar-refractivity contribution in [3.8, 4) is 0 Å². The Kier molecular flexibility index (Phi) is 2.38. The van der Waals surface area contributed by atoms with Gasteiger partial charge in [0.05, 0.1) is 17.9 Å². The van der Waals surface area contributed by atoms with Crippen LogP contribution in [0.2, 0.25) is 0 Å². The van der Waals surface area contributed by atoms with Crippen molar-refractivity contribution in [1.29, 1.82) is 0 Å². The van der Waals surface area contributed by atoms with Crippen LogP contribution >= 0.6 is 0 Å². The fourth-order valence-corrected chi connectivity index (χ4v) is 2.62. The largest absolute Gasteiger partial charge is 0.312 e. The molecule has 2 aliphatic rings. The first-order chi connectivity index (χ1) is 8.59. The topological polar surface area (TPSA) is 52.7 Å². The number of nitrogens with zero attached hydrogens (tertiary/aromatic N) is 2. The Hall–Kier alpha value is -1.88. The number of hydrogen-bond donors (Lipinski definition) is 1. The second-order valence-corrected chi connectivity index (χ2v) is 4.80. The normalized spacial score (nSPS) is 22.9. The molecule has 1 unspecified atom stereocenters. The molecule has 2 aliphatic heterocycles. The van der Waals surface area contributed by atoms with Gasteiger partial charge in [-0.25, -0.2) is 0 Å². The van der Waals surface area contributed by atoms with Gasteiger partial charge in [-0.3, -0.25) is 14.5 Å². The van der Waals surface area contributed by atoms with Crippen molar-refractivity contribution in [3.63, 3.8) is 0 Å². The Morgan fingerprint density at radius 3 is 2.83 bits per heavy atom. The number of piperazine rings is 1. The molecule has 1 aromatic rings. The summed E-state index contributed by atoms with van der Waals surface area (Å²) in [4.78, 5) is 27.6. The highest BCUT2D eigenvalue weighted by Gasteiger charge is 2.41. The number of amides is 2. The highest BCUT2D eigenvalue weighted by molar-refractivity contribution is 6.14. The number of anilines is 2. The van der Waals surface area contributed by atoms with Crippen molar-refractivity contribution in [2.24, 2.45) is 0 Å². The van der Waals surface area contributed by atoms with E-state index in [9.17, 15) is 9.59 Å². The first kappa shape index (κ1) is 11.2.